The third kappa shape index (κ3) is 3.23. The Kier molecular flexibility index (Phi) is 5.01. The summed E-state index contributed by atoms with van der Waals surface area (Å²) in [5.74, 6) is 0. The van der Waals surface area contributed by atoms with Crippen molar-refractivity contribution in [2.24, 2.45) is 5.41 Å². The maximum atomic E-state index is 5.89. The second kappa shape index (κ2) is 6.33. The van der Waals surface area contributed by atoms with Gasteiger partial charge in [0.05, 0.1) is 18.8 Å². The standard InChI is InChI=1S/C14H28N2O2/c1-14(2)12(10-13(14)17-3)16-8-9-18-11-4-6-15-7-5-11/h11-13,15-16H,4-10H2,1-3H3. The number of piperidine rings is 1. The molecule has 4 heteroatoms. The van der Waals surface area contributed by atoms with Crippen LogP contribution in [0.25, 0.3) is 0 Å². The van der Waals surface area contributed by atoms with Gasteiger partial charge in [-0.2, -0.15) is 0 Å². The lowest BCUT2D eigenvalue weighted by atomic mass is 9.64. The summed E-state index contributed by atoms with van der Waals surface area (Å²) in [6.45, 7) is 8.53. The Morgan fingerprint density at radius 2 is 2.00 bits per heavy atom. The number of hydrogen-bond acceptors (Lipinski definition) is 4. The van der Waals surface area contributed by atoms with Crippen molar-refractivity contribution in [2.45, 2.75) is 51.4 Å². The summed E-state index contributed by atoms with van der Waals surface area (Å²) in [6.07, 6.45) is 4.30. The maximum absolute atomic E-state index is 5.89. The van der Waals surface area contributed by atoms with Crippen LogP contribution in [0.5, 0.6) is 0 Å². The van der Waals surface area contributed by atoms with Gasteiger partial charge in [0.15, 0.2) is 0 Å². The largest absolute Gasteiger partial charge is 0.381 e. The van der Waals surface area contributed by atoms with Gasteiger partial charge in [0.2, 0.25) is 0 Å². The topological polar surface area (TPSA) is 42.5 Å². The second-order valence-corrected chi connectivity index (χ2v) is 6.11. The Bertz CT molecular complexity index is 252. The normalized spacial score (nSPS) is 32.2. The summed E-state index contributed by atoms with van der Waals surface area (Å²) >= 11 is 0. The van der Waals surface area contributed by atoms with E-state index in [1.807, 2.05) is 7.11 Å². The van der Waals surface area contributed by atoms with Crippen LogP contribution in [0.3, 0.4) is 0 Å². The predicted octanol–water partition coefficient (Wildman–Crippen LogP) is 1.16. The zero-order valence-electron chi connectivity index (χ0n) is 12.0. The highest BCUT2D eigenvalue weighted by molar-refractivity contribution is 5.02. The van der Waals surface area contributed by atoms with E-state index in [1.165, 1.54) is 0 Å². The first-order chi connectivity index (χ1) is 8.64. The molecule has 1 aliphatic carbocycles. The van der Waals surface area contributed by atoms with E-state index in [4.69, 9.17) is 9.47 Å². The molecule has 0 spiro atoms. The molecule has 4 nitrogen and oxygen atoms in total. The van der Waals surface area contributed by atoms with Crippen molar-refractivity contribution in [3.8, 4) is 0 Å². The van der Waals surface area contributed by atoms with Crippen molar-refractivity contribution in [3.05, 3.63) is 0 Å². The van der Waals surface area contributed by atoms with Crippen molar-refractivity contribution in [1.82, 2.24) is 10.6 Å². The highest BCUT2D eigenvalue weighted by atomic mass is 16.5. The maximum Gasteiger partial charge on any atom is 0.0652 e. The van der Waals surface area contributed by atoms with E-state index in [0.29, 0.717) is 18.2 Å². The van der Waals surface area contributed by atoms with Crippen LogP contribution in [-0.4, -0.2) is 51.6 Å². The molecule has 1 heterocycles. The molecule has 2 rings (SSSR count). The highest BCUT2D eigenvalue weighted by Gasteiger charge is 2.47. The minimum absolute atomic E-state index is 0.253. The van der Waals surface area contributed by atoms with Gasteiger partial charge in [-0.25, -0.2) is 0 Å². The number of nitrogens with one attached hydrogen (secondary N) is 2. The van der Waals surface area contributed by atoms with Gasteiger partial charge >= 0.3 is 0 Å². The van der Waals surface area contributed by atoms with E-state index >= 15 is 0 Å². The number of methoxy groups -OCH3 is 1. The van der Waals surface area contributed by atoms with Crippen molar-refractivity contribution < 1.29 is 9.47 Å². The fraction of sp³-hybridized carbons (Fsp3) is 1.00. The average Bonchev–Trinajstić information content (AvgIpc) is 2.38. The molecule has 2 aliphatic rings. The van der Waals surface area contributed by atoms with E-state index in [2.05, 4.69) is 24.5 Å². The first kappa shape index (κ1) is 14.3. The van der Waals surface area contributed by atoms with E-state index in [9.17, 15) is 0 Å². The molecule has 2 N–H and O–H groups in total. The lowest BCUT2D eigenvalue weighted by Gasteiger charge is -2.51. The molecule has 1 saturated carbocycles. The Balaban J connectivity index is 1.56. The summed E-state index contributed by atoms with van der Waals surface area (Å²) in [5, 5.41) is 6.95. The minimum atomic E-state index is 0.253. The first-order valence-corrected chi connectivity index (χ1v) is 7.23. The van der Waals surface area contributed by atoms with Crippen molar-refractivity contribution in [1.29, 1.82) is 0 Å². The van der Waals surface area contributed by atoms with Crippen LogP contribution in [0.4, 0.5) is 0 Å². The van der Waals surface area contributed by atoms with Crippen molar-refractivity contribution in [2.75, 3.05) is 33.4 Å². The van der Waals surface area contributed by atoms with Crippen LogP contribution >= 0.6 is 0 Å². The molecule has 1 saturated heterocycles. The third-order valence-corrected chi connectivity index (χ3v) is 4.59. The fourth-order valence-electron chi connectivity index (χ4n) is 3.05. The minimum Gasteiger partial charge on any atom is -0.381 e. The summed E-state index contributed by atoms with van der Waals surface area (Å²) in [5.41, 5.74) is 0.253. The van der Waals surface area contributed by atoms with Crippen LogP contribution in [0, 0.1) is 5.41 Å². The number of rotatable bonds is 6. The average molecular weight is 256 g/mol. The van der Waals surface area contributed by atoms with Gasteiger partial charge in [0.25, 0.3) is 0 Å². The fourth-order valence-corrected chi connectivity index (χ4v) is 3.05. The lowest BCUT2D eigenvalue weighted by molar-refractivity contribution is -0.0990. The molecule has 2 unspecified atom stereocenters. The number of ether oxygens (including phenoxy) is 2. The molecular weight excluding hydrogens is 228 g/mol. The molecular formula is C14H28N2O2. The van der Waals surface area contributed by atoms with Crippen LogP contribution in [0.15, 0.2) is 0 Å². The van der Waals surface area contributed by atoms with Crippen LogP contribution in [0.2, 0.25) is 0 Å². The van der Waals surface area contributed by atoms with Gasteiger partial charge in [-0.15, -0.1) is 0 Å². The summed E-state index contributed by atoms with van der Waals surface area (Å²) in [7, 11) is 1.81. The molecule has 1 aliphatic heterocycles. The van der Waals surface area contributed by atoms with Gasteiger partial charge in [0.1, 0.15) is 0 Å². The zero-order chi connectivity index (χ0) is 13.0. The summed E-state index contributed by atoms with van der Waals surface area (Å²) in [4.78, 5) is 0. The summed E-state index contributed by atoms with van der Waals surface area (Å²) < 4.78 is 11.3. The second-order valence-electron chi connectivity index (χ2n) is 6.11. The smallest absolute Gasteiger partial charge is 0.0652 e. The van der Waals surface area contributed by atoms with Crippen LogP contribution in [0.1, 0.15) is 33.1 Å². The Morgan fingerprint density at radius 3 is 2.61 bits per heavy atom. The van der Waals surface area contributed by atoms with E-state index in [0.717, 1.165) is 45.5 Å². The van der Waals surface area contributed by atoms with Crippen molar-refractivity contribution >= 4 is 0 Å². The molecule has 0 aromatic heterocycles. The van der Waals surface area contributed by atoms with Crippen molar-refractivity contribution in [3.63, 3.8) is 0 Å². The van der Waals surface area contributed by atoms with E-state index < -0.39 is 0 Å². The van der Waals surface area contributed by atoms with Gasteiger partial charge in [-0.1, -0.05) is 13.8 Å². The quantitative estimate of drug-likeness (QED) is 0.700. The predicted molar refractivity (Wildman–Crippen MR) is 72.8 cm³/mol. The molecule has 0 aromatic rings. The molecule has 0 bridgehead atoms. The Labute approximate surface area is 111 Å². The van der Waals surface area contributed by atoms with Gasteiger partial charge in [-0.3, -0.25) is 0 Å². The lowest BCUT2D eigenvalue weighted by Crippen LogP contribution is -2.61. The molecule has 0 amide bonds. The molecule has 18 heavy (non-hydrogen) atoms. The van der Waals surface area contributed by atoms with Crippen LogP contribution < -0.4 is 10.6 Å². The third-order valence-electron chi connectivity index (χ3n) is 4.59. The first-order valence-electron chi connectivity index (χ1n) is 7.23. The zero-order valence-corrected chi connectivity index (χ0v) is 12.0. The highest BCUT2D eigenvalue weighted by Crippen LogP contribution is 2.42. The summed E-state index contributed by atoms with van der Waals surface area (Å²) in [6, 6.07) is 0.569. The molecule has 0 aromatic carbocycles. The van der Waals surface area contributed by atoms with Crippen LogP contribution in [-0.2, 0) is 9.47 Å². The molecule has 0 radical (unpaired) electrons. The van der Waals surface area contributed by atoms with Gasteiger partial charge < -0.3 is 20.1 Å². The van der Waals surface area contributed by atoms with E-state index in [-0.39, 0.29) is 5.41 Å². The number of hydrogen-bond donors (Lipinski definition) is 2. The monoisotopic (exact) mass is 256 g/mol. The van der Waals surface area contributed by atoms with Gasteiger partial charge in [-0.05, 0) is 32.4 Å². The Morgan fingerprint density at radius 1 is 1.28 bits per heavy atom. The molecule has 2 atom stereocenters. The SMILES string of the molecule is COC1CC(NCCOC2CCNCC2)C1(C)C. The van der Waals surface area contributed by atoms with Gasteiger partial charge in [0, 0.05) is 25.1 Å². The van der Waals surface area contributed by atoms with E-state index in [1.54, 1.807) is 0 Å². The molecule has 106 valence electrons. The Hall–Kier alpha value is -0.160. The molecule has 2 fully saturated rings.